The number of aliphatic hydroxyl groups is 1. The van der Waals surface area contributed by atoms with Crippen molar-refractivity contribution in [2.24, 2.45) is 5.92 Å². The standard InChI is InChI=1S/C17H22F3NO2/c1-4-21(10-16(2,3)23)15(22)13-9-12(13)11-7-5-6-8-14(11)17(18,19)20/h5-8,12-13,23H,4,9-10H2,1-3H3. The minimum Gasteiger partial charge on any atom is -0.389 e. The zero-order valence-corrected chi connectivity index (χ0v) is 13.5. The van der Waals surface area contributed by atoms with E-state index in [1.807, 2.05) is 0 Å². The van der Waals surface area contributed by atoms with Gasteiger partial charge in [0, 0.05) is 19.0 Å². The van der Waals surface area contributed by atoms with Gasteiger partial charge >= 0.3 is 6.18 Å². The summed E-state index contributed by atoms with van der Waals surface area (Å²) >= 11 is 0. The molecule has 6 heteroatoms. The van der Waals surface area contributed by atoms with Gasteiger partial charge in [-0.3, -0.25) is 4.79 Å². The molecule has 23 heavy (non-hydrogen) atoms. The van der Waals surface area contributed by atoms with E-state index in [9.17, 15) is 23.1 Å². The van der Waals surface area contributed by atoms with Crippen LogP contribution in [0.15, 0.2) is 24.3 Å². The second-order valence-corrected chi connectivity index (χ2v) is 6.70. The SMILES string of the molecule is CCN(CC(C)(C)O)C(=O)C1CC1c1ccccc1C(F)(F)F. The minimum atomic E-state index is -4.41. The van der Waals surface area contributed by atoms with Crippen molar-refractivity contribution in [2.45, 2.75) is 44.9 Å². The van der Waals surface area contributed by atoms with Crippen LogP contribution in [0.25, 0.3) is 0 Å². The van der Waals surface area contributed by atoms with Crippen LogP contribution in [0.2, 0.25) is 0 Å². The molecule has 0 aromatic heterocycles. The van der Waals surface area contributed by atoms with Crippen molar-refractivity contribution in [1.29, 1.82) is 0 Å². The Kier molecular flexibility index (Phi) is 4.76. The molecule has 1 N–H and O–H groups in total. The van der Waals surface area contributed by atoms with E-state index in [0.29, 0.717) is 13.0 Å². The Morgan fingerprint density at radius 3 is 2.43 bits per heavy atom. The van der Waals surface area contributed by atoms with E-state index in [1.165, 1.54) is 17.0 Å². The third kappa shape index (κ3) is 4.25. The molecule has 128 valence electrons. The lowest BCUT2D eigenvalue weighted by atomic mass is 10.0. The lowest BCUT2D eigenvalue weighted by Crippen LogP contribution is -2.43. The van der Waals surface area contributed by atoms with Crippen molar-refractivity contribution < 1.29 is 23.1 Å². The summed E-state index contributed by atoms with van der Waals surface area (Å²) in [5, 5.41) is 9.86. The molecule has 2 rings (SSSR count). The summed E-state index contributed by atoms with van der Waals surface area (Å²) in [5.41, 5.74) is -1.50. The molecule has 2 atom stereocenters. The number of likely N-dealkylation sites (N-methyl/N-ethyl adjacent to an activating group) is 1. The molecule has 1 aliphatic carbocycles. The molecule has 0 aliphatic heterocycles. The maximum absolute atomic E-state index is 13.1. The highest BCUT2D eigenvalue weighted by atomic mass is 19.4. The molecule has 0 spiro atoms. The fourth-order valence-electron chi connectivity index (χ4n) is 2.94. The van der Waals surface area contributed by atoms with Gasteiger partial charge in [-0.2, -0.15) is 13.2 Å². The number of alkyl halides is 3. The molecule has 0 bridgehead atoms. The maximum Gasteiger partial charge on any atom is 0.416 e. The number of halogens is 3. The van der Waals surface area contributed by atoms with Gasteiger partial charge < -0.3 is 10.0 Å². The van der Waals surface area contributed by atoms with Crippen LogP contribution in [0.5, 0.6) is 0 Å². The van der Waals surface area contributed by atoms with Crippen molar-refractivity contribution >= 4 is 5.91 Å². The molecular weight excluding hydrogens is 307 g/mol. The quantitative estimate of drug-likeness (QED) is 0.899. The lowest BCUT2D eigenvalue weighted by molar-refractivity contribution is -0.139. The van der Waals surface area contributed by atoms with Crippen LogP contribution in [-0.2, 0) is 11.0 Å². The van der Waals surface area contributed by atoms with Gasteiger partial charge in [0.1, 0.15) is 0 Å². The van der Waals surface area contributed by atoms with E-state index in [4.69, 9.17) is 0 Å². The number of rotatable bonds is 5. The van der Waals surface area contributed by atoms with Crippen LogP contribution in [0.1, 0.15) is 44.2 Å². The average Bonchev–Trinajstić information content (AvgIpc) is 3.22. The van der Waals surface area contributed by atoms with Gasteiger partial charge in [-0.25, -0.2) is 0 Å². The van der Waals surface area contributed by atoms with Gasteiger partial charge in [-0.1, -0.05) is 18.2 Å². The fraction of sp³-hybridized carbons (Fsp3) is 0.588. The van der Waals surface area contributed by atoms with Crippen LogP contribution < -0.4 is 0 Å². The number of carbonyl (C=O) groups is 1. The highest BCUT2D eigenvalue weighted by Gasteiger charge is 2.49. The van der Waals surface area contributed by atoms with Crippen LogP contribution in [0.4, 0.5) is 13.2 Å². The predicted octanol–water partition coefficient (Wildman–Crippen LogP) is 3.43. The van der Waals surface area contributed by atoms with Gasteiger partial charge in [0.2, 0.25) is 5.91 Å². The largest absolute Gasteiger partial charge is 0.416 e. The molecular formula is C17H22F3NO2. The zero-order chi connectivity index (χ0) is 17.4. The molecule has 0 saturated heterocycles. The number of amides is 1. The summed E-state index contributed by atoms with van der Waals surface area (Å²) in [7, 11) is 0. The minimum absolute atomic E-state index is 0.173. The van der Waals surface area contributed by atoms with Crippen molar-refractivity contribution in [1.82, 2.24) is 4.90 Å². The summed E-state index contributed by atoms with van der Waals surface area (Å²) in [6, 6.07) is 5.44. The van der Waals surface area contributed by atoms with Gasteiger partial charge in [0.25, 0.3) is 0 Å². The van der Waals surface area contributed by atoms with Crippen molar-refractivity contribution in [3.05, 3.63) is 35.4 Å². The first-order chi connectivity index (χ1) is 10.5. The third-order valence-corrected chi connectivity index (χ3v) is 4.04. The second-order valence-electron chi connectivity index (χ2n) is 6.70. The normalized spacial score (nSPS) is 21.2. The molecule has 1 aromatic rings. The van der Waals surface area contributed by atoms with E-state index in [-0.39, 0.29) is 18.0 Å². The number of carbonyl (C=O) groups excluding carboxylic acids is 1. The molecule has 1 aliphatic rings. The van der Waals surface area contributed by atoms with Crippen LogP contribution >= 0.6 is 0 Å². The highest BCUT2D eigenvalue weighted by Crippen LogP contribution is 2.51. The molecule has 3 nitrogen and oxygen atoms in total. The van der Waals surface area contributed by atoms with Crippen LogP contribution in [0, 0.1) is 5.92 Å². The van der Waals surface area contributed by atoms with E-state index in [1.54, 1.807) is 26.8 Å². The first-order valence-corrected chi connectivity index (χ1v) is 7.72. The predicted molar refractivity (Wildman–Crippen MR) is 80.8 cm³/mol. The number of hydrogen-bond acceptors (Lipinski definition) is 2. The summed E-state index contributed by atoms with van der Waals surface area (Å²) in [6.07, 6.45) is -3.99. The topological polar surface area (TPSA) is 40.5 Å². The molecule has 2 unspecified atom stereocenters. The summed E-state index contributed by atoms with van der Waals surface area (Å²) in [6.45, 7) is 5.60. The van der Waals surface area contributed by atoms with E-state index in [0.717, 1.165) is 6.07 Å². The Morgan fingerprint density at radius 2 is 1.91 bits per heavy atom. The molecule has 1 saturated carbocycles. The molecule has 1 amide bonds. The summed E-state index contributed by atoms with van der Waals surface area (Å²) in [4.78, 5) is 14.0. The third-order valence-electron chi connectivity index (χ3n) is 4.04. The molecule has 0 radical (unpaired) electrons. The summed E-state index contributed by atoms with van der Waals surface area (Å²) < 4.78 is 39.3. The number of benzene rings is 1. The smallest absolute Gasteiger partial charge is 0.389 e. The van der Waals surface area contributed by atoms with Crippen LogP contribution in [-0.4, -0.2) is 34.6 Å². The van der Waals surface area contributed by atoms with E-state index < -0.39 is 29.2 Å². The Labute approximate surface area is 134 Å². The number of hydrogen-bond donors (Lipinski definition) is 1. The monoisotopic (exact) mass is 329 g/mol. The zero-order valence-electron chi connectivity index (χ0n) is 13.5. The first-order valence-electron chi connectivity index (χ1n) is 7.72. The van der Waals surface area contributed by atoms with E-state index >= 15 is 0 Å². The van der Waals surface area contributed by atoms with E-state index in [2.05, 4.69) is 0 Å². The van der Waals surface area contributed by atoms with Crippen molar-refractivity contribution in [3.8, 4) is 0 Å². The lowest BCUT2D eigenvalue weighted by Gasteiger charge is -2.28. The van der Waals surface area contributed by atoms with Gasteiger partial charge in [-0.15, -0.1) is 0 Å². The Morgan fingerprint density at radius 1 is 1.30 bits per heavy atom. The van der Waals surface area contributed by atoms with Gasteiger partial charge in [0.15, 0.2) is 0 Å². The van der Waals surface area contributed by atoms with Gasteiger partial charge in [-0.05, 0) is 44.7 Å². The molecule has 0 heterocycles. The second kappa shape index (κ2) is 6.15. The van der Waals surface area contributed by atoms with Crippen molar-refractivity contribution in [3.63, 3.8) is 0 Å². The highest BCUT2D eigenvalue weighted by molar-refractivity contribution is 5.83. The Bertz CT molecular complexity index is 578. The van der Waals surface area contributed by atoms with Crippen LogP contribution in [0.3, 0.4) is 0 Å². The maximum atomic E-state index is 13.1. The fourth-order valence-corrected chi connectivity index (χ4v) is 2.94. The average molecular weight is 329 g/mol. The van der Waals surface area contributed by atoms with Crippen molar-refractivity contribution in [2.75, 3.05) is 13.1 Å². The molecule has 1 fully saturated rings. The Hall–Kier alpha value is -1.56. The summed E-state index contributed by atoms with van der Waals surface area (Å²) in [5.74, 6) is -1.01. The van der Waals surface area contributed by atoms with Gasteiger partial charge in [0.05, 0.1) is 11.2 Å². The first kappa shape index (κ1) is 17.8. The molecule has 1 aromatic carbocycles. The Balaban J connectivity index is 2.15. The number of nitrogens with zero attached hydrogens (tertiary/aromatic N) is 1.